The van der Waals surface area contributed by atoms with Gasteiger partial charge in [0.15, 0.2) is 0 Å². The molecule has 0 atom stereocenters. The van der Waals surface area contributed by atoms with Crippen molar-refractivity contribution in [2.75, 3.05) is 12.8 Å². The highest BCUT2D eigenvalue weighted by molar-refractivity contribution is 5.97. The molecular weight excluding hydrogens is 208 g/mol. The number of nitrogen functional groups attached to an aromatic ring is 1. The van der Waals surface area contributed by atoms with Crippen LogP contribution < -0.4 is 16.3 Å². The van der Waals surface area contributed by atoms with E-state index in [1.165, 1.54) is 11.8 Å². The van der Waals surface area contributed by atoms with Gasteiger partial charge in [0.05, 0.1) is 5.52 Å². The van der Waals surface area contributed by atoms with Gasteiger partial charge in [0.2, 0.25) is 11.9 Å². The molecule has 0 aliphatic heterocycles. The molecule has 0 spiro atoms. The molecule has 1 amide bonds. The van der Waals surface area contributed by atoms with E-state index in [0.29, 0.717) is 11.1 Å². The van der Waals surface area contributed by atoms with Crippen molar-refractivity contribution in [1.82, 2.24) is 9.71 Å². The van der Waals surface area contributed by atoms with E-state index in [0.717, 1.165) is 11.1 Å². The highest BCUT2D eigenvalue weighted by atomic mass is 16.6. The maximum atomic E-state index is 11.1. The van der Waals surface area contributed by atoms with Crippen LogP contribution in [-0.2, 0) is 0 Å². The lowest BCUT2D eigenvalue weighted by molar-refractivity contribution is 0.100. The largest absolute Gasteiger partial charge is 0.414 e. The van der Waals surface area contributed by atoms with Crippen LogP contribution in [0.15, 0.2) is 12.1 Å². The van der Waals surface area contributed by atoms with Crippen LogP contribution in [0.25, 0.3) is 11.0 Å². The maximum absolute atomic E-state index is 11.1. The zero-order valence-corrected chi connectivity index (χ0v) is 9.02. The molecule has 84 valence electrons. The molecule has 0 radical (unpaired) electrons. The van der Waals surface area contributed by atoms with Crippen molar-refractivity contribution in [2.24, 2.45) is 5.73 Å². The Morgan fingerprint density at radius 2 is 2.19 bits per heavy atom. The molecular formula is C10H12N4O2. The average Bonchev–Trinajstić information content (AvgIpc) is 2.53. The molecule has 2 aromatic rings. The topological polar surface area (TPSA) is 96.2 Å². The van der Waals surface area contributed by atoms with Crippen LogP contribution in [0, 0.1) is 6.92 Å². The average molecular weight is 220 g/mol. The number of hydrogen-bond acceptors (Lipinski definition) is 4. The maximum Gasteiger partial charge on any atom is 0.248 e. The van der Waals surface area contributed by atoms with E-state index in [1.807, 2.05) is 6.92 Å². The molecule has 2 rings (SSSR count). The monoisotopic (exact) mass is 220 g/mol. The number of primary amides is 1. The Morgan fingerprint density at radius 1 is 1.50 bits per heavy atom. The van der Waals surface area contributed by atoms with Gasteiger partial charge >= 0.3 is 0 Å². The summed E-state index contributed by atoms with van der Waals surface area (Å²) in [6.45, 7) is 1.84. The molecule has 1 aromatic heterocycles. The van der Waals surface area contributed by atoms with Gasteiger partial charge in [-0.25, -0.2) is 4.98 Å². The number of amides is 1. The van der Waals surface area contributed by atoms with Crippen LogP contribution in [0.4, 0.5) is 5.95 Å². The molecule has 16 heavy (non-hydrogen) atoms. The van der Waals surface area contributed by atoms with E-state index in [2.05, 4.69) is 4.98 Å². The Labute approximate surface area is 91.8 Å². The van der Waals surface area contributed by atoms with Gasteiger partial charge in [0, 0.05) is 5.56 Å². The first kappa shape index (κ1) is 10.3. The summed E-state index contributed by atoms with van der Waals surface area (Å²) in [6.07, 6.45) is 0. The Bertz CT molecular complexity index is 574. The second-order valence-electron chi connectivity index (χ2n) is 3.47. The lowest BCUT2D eigenvalue weighted by Gasteiger charge is -2.05. The molecule has 0 aliphatic carbocycles. The van der Waals surface area contributed by atoms with Crippen molar-refractivity contribution in [3.63, 3.8) is 0 Å². The molecule has 0 saturated carbocycles. The van der Waals surface area contributed by atoms with Gasteiger partial charge in [-0.1, -0.05) is 0 Å². The number of nitrogens with zero attached hydrogens (tertiary/aromatic N) is 2. The van der Waals surface area contributed by atoms with E-state index in [1.54, 1.807) is 12.1 Å². The van der Waals surface area contributed by atoms with Gasteiger partial charge in [-0.3, -0.25) is 4.79 Å². The molecule has 1 heterocycles. The fourth-order valence-corrected chi connectivity index (χ4v) is 1.72. The Kier molecular flexibility index (Phi) is 2.19. The number of rotatable bonds is 2. The number of carbonyl (C=O) groups excluding carboxylic acids is 1. The van der Waals surface area contributed by atoms with E-state index in [9.17, 15) is 4.79 Å². The number of aryl methyl sites for hydroxylation is 1. The lowest BCUT2D eigenvalue weighted by atomic mass is 10.1. The van der Waals surface area contributed by atoms with Crippen molar-refractivity contribution < 1.29 is 9.63 Å². The zero-order valence-electron chi connectivity index (χ0n) is 9.02. The SMILES string of the molecule is COn1c(N)nc2cc(C(N)=O)cc(C)c21. The minimum Gasteiger partial charge on any atom is -0.414 e. The minimum atomic E-state index is -0.490. The van der Waals surface area contributed by atoms with Gasteiger partial charge in [-0.15, -0.1) is 4.73 Å². The van der Waals surface area contributed by atoms with Crippen LogP contribution in [0.1, 0.15) is 15.9 Å². The molecule has 4 N–H and O–H groups in total. The highest BCUT2D eigenvalue weighted by Gasteiger charge is 2.13. The van der Waals surface area contributed by atoms with Crippen LogP contribution in [0.5, 0.6) is 0 Å². The first-order valence-electron chi connectivity index (χ1n) is 4.67. The van der Waals surface area contributed by atoms with Gasteiger partial charge in [0.25, 0.3) is 0 Å². The summed E-state index contributed by atoms with van der Waals surface area (Å²) in [5.41, 5.74) is 13.5. The minimum absolute atomic E-state index is 0.238. The van der Waals surface area contributed by atoms with Gasteiger partial charge in [0.1, 0.15) is 12.6 Å². The van der Waals surface area contributed by atoms with Crippen molar-refractivity contribution in [3.8, 4) is 0 Å². The predicted molar refractivity (Wildman–Crippen MR) is 59.9 cm³/mol. The predicted octanol–water partition coefficient (Wildman–Crippen LogP) is 0.0842. The second-order valence-corrected chi connectivity index (χ2v) is 3.47. The lowest BCUT2D eigenvalue weighted by Crippen LogP contribution is -2.12. The summed E-state index contributed by atoms with van der Waals surface area (Å²) in [5.74, 6) is -0.252. The summed E-state index contributed by atoms with van der Waals surface area (Å²) >= 11 is 0. The van der Waals surface area contributed by atoms with Crippen molar-refractivity contribution in [3.05, 3.63) is 23.3 Å². The summed E-state index contributed by atoms with van der Waals surface area (Å²) in [5, 5.41) is 0. The first-order chi connectivity index (χ1) is 7.54. The smallest absolute Gasteiger partial charge is 0.248 e. The molecule has 0 saturated heterocycles. The number of anilines is 1. The van der Waals surface area contributed by atoms with Crippen molar-refractivity contribution in [1.29, 1.82) is 0 Å². The molecule has 0 aliphatic rings. The molecule has 6 nitrogen and oxygen atoms in total. The number of aromatic nitrogens is 2. The van der Waals surface area contributed by atoms with Crippen LogP contribution >= 0.6 is 0 Å². The Balaban J connectivity index is 2.81. The number of fused-ring (bicyclic) bond motifs is 1. The summed E-state index contributed by atoms with van der Waals surface area (Å²) in [6, 6.07) is 3.28. The highest BCUT2D eigenvalue weighted by Crippen LogP contribution is 2.22. The fourth-order valence-electron chi connectivity index (χ4n) is 1.72. The van der Waals surface area contributed by atoms with E-state index >= 15 is 0 Å². The third-order valence-corrected chi connectivity index (χ3v) is 2.39. The van der Waals surface area contributed by atoms with E-state index in [-0.39, 0.29) is 5.95 Å². The molecule has 0 bridgehead atoms. The molecule has 0 unspecified atom stereocenters. The number of nitrogens with two attached hydrogens (primary N) is 2. The Morgan fingerprint density at radius 3 is 2.75 bits per heavy atom. The number of carbonyl (C=O) groups is 1. The third-order valence-electron chi connectivity index (χ3n) is 2.39. The number of imidazole rings is 1. The first-order valence-corrected chi connectivity index (χ1v) is 4.67. The normalized spacial score (nSPS) is 10.6. The van der Waals surface area contributed by atoms with Gasteiger partial charge in [-0.2, -0.15) is 0 Å². The summed E-state index contributed by atoms with van der Waals surface area (Å²) in [4.78, 5) is 20.3. The quantitative estimate of drug-likeness (QED) is 0.749. The molecule has 6 heteroatoms. The van der Waals surface area contributed by atoms with Crippen LogP contribution in [0.2, 0.25) is 0 Å². The second kappa shape index (κ2) is 3.41. The van der Waals surface area contributed by atoms with Crippen LogP contribution in [0.3, 0.4) is 0 Å². The molecule has 0 fully saturated rings. The van der Waals surface area contributed by atoms with Gasteiger partial charge in [-0.05, 0) is 24.6 Å². The standard InChI is InChI=1S/C10H12N4O2/c1-5-3-6(9(11)15)4-7-8(5)14(16-2)10(12)13-7/h3-4H,1-2H3,(H2,11,15)(H2,12,13). The van der Waals surface area contributed by atoms with E-state index < -0.39 is 5.91 Å². The van der Waals surface area contributed by atoms with Crippen molar-refractivity contribution in [2.45, 2.75) is 6.92 Å². The third kappa shape index (κ3) is 1.35. The number of benzene rings is 1. The van der Waals surface area contributed by atoms with Crippen molar-refractivity contribution >= 4 is 22.9 Å². The van der Waals surface area contributed by atoms with Gasteiger partial charge < -0.3 is 16.3 Å². The molecule has 1 aromatic carbocycles. The Hall–Kier alpha value is -2.24. The zero-order chi connectivity index (χ0) is 11.9. The summed E-state index contributed by atoms with van der Waals surface area (Å²) < 4.78 is 1.41. The summed E-state index contributed by atoms with van der Waals surface area (Å²) in [7, 11) is 1.50. The fraction of sp³-hybridized carbons (Fsp3) is 0.200. The van der Waals surface area contributed by atoms with Crippen LogP contribution in [-0.4, -0.2) is 22.7 Å². The number of hydrogen-bond donors (Lipinski definition) is 2. The van der Waals surface area contributed by atoms with E-state index in [4.69, 9.17) is 16.3 Å².